The van der Waals surface area contributed by atoms with Crippen molar-refractivity contribution in [1.82, 2.24) is 14.5 Å². The van der Waals surface area contributed by atoms with E-state index in [9.17, 15) is 17.6 Å². The monoisotopic (exact) mass is 391 g/mol. The highest BCUT2D eigenvalue weighted by Crippen LogP contribution is 2.17. The van der Waals surface area contributed by atoms with Crippen LogP contribution in [0.2, 0.25) is 0 Å². The van der Waals surface area contributed by atoms with E-state index in [-0.39, 0.29) is 23.3 Å². The maximum atomic E-state index is 12.9. The van der Waals surface area contributed by atoms with Gasteiger partial charge >= 0.3 is 6.03 Å². The quantitative estimate of drug-likeness (QED) is 0.870. The molecule has 0 bridgehead atoms. The number of hydrogen-bond donors (Lipinski definition) is 1. The Bertz CT molecular complexity index is 873. The van der Waals surface area contributed by atoms with E-state index >= 15 is 0 Å². The van der Waals surface area contributed by atoms with Gasteiger partial charge < -0.3 is 10.2 Å². The standard InChI is InChI=1S/C19H22FN3O3S/c20-17-9-7-16(8-10-17)15-21-19(24)22-11-4-12-23(14-13-22)27(25,26)18-5-2-1-3-6-18/h1-3,5-10H,4,11-15H2,(H,21,24). The summed E-state index contributed by atoms with van der Waals surface area (Å²) >= 11 is 0. The third kappa shape index (κ3) is 4.84. The molecule has 1 heterocycles. The zero-order valence-corrected chi connectivity index (χ0v) is 15.7. The van der Waals surface area contributed by atoms with Crippen molar-refractivity contribution < 1.29 is 17.6 Å². The van der Waals surface area contributed by atoms with Crippen molar-refractivity contribution in [3.05, 3.63) is 66.0 Å². The second-order valence-corrected chi connectivity index (χ2v) is 8.28. The molecule has 0 atom stereocenters. The third-order valence-electron chi connectivity index (χ3n) is 4.48. The molecule has 0 aromatic heterocycles. The van der Waals surface area contributed by atoms with Gasteiger partial charge in [-0.05, 0) is 36.2 Å². The van der Waals surface area contributed by atoms with E-state index in [4.69, 9.17) is 0 Å². The van der Waals surface area contributed by atoms with E-state index < -0.39 is 10.0 Å². The smallest absolute Gasteiger partial charge is 0.317 e. The fourth-order valence-electron chi connectivity index (χ4n) is 2.97. The van der Waals surface area contributed by atoms with Gasteiger partial charge in [-0.15, -0.1) is 0 Å². The average molecular weight is 391 g/mol. The molecule has 2 aromatic rings. The van der Waals surface area contributed by atoms with Crippen LogP contribution in [-0.4, -0.2) is 49.8 Å². The topological polar surface area (TPSA) is 69.7 Å². The number of halogens is 1. The molecule has 3 rings (SSSR count). The molecule has 1 aliphatic rings. The predicted octanol–water partition coefficient (Wildman–Crippen LogP) is 2.43. The molecule has 2 aromatic carbocycles. The number of sulfonamides is 1. The zero-order chi connectivity index (χ0) is 19.3. The summed E-state index contributed by atoms with van der Waals surface area (Å²) in [6.07, 6.45) is 0.566. The van der Waals surface area contributed by atoms with Crippen LogP contribution in [0.15, 0.2) is 59.5 Å². The van der Waals surface area contributed by atoms with Crippen LogP contribution < -0.4 is 5.32 Å². The largest absolute Gasteiger partial charge is 0.334 e. The minimum atomic E-state index is -3.55. The Balaban J connectivity index is 1.57. The van der Waals surface area contributed by atoms with Gasteiger partial charge in [-0.3, -0.25) is 0 Å². The highest BCUT2D eigenvalue weighted by atomic mass is 32.2. The summed E-state index contributed by atoms with van der Waals surface area (Å²) in [6, 6.07) is 14.0. The summed E-state index contributed by atoms with van der Waals surface area (Å²) in [5.41, 5.74) is 0.799. The molecule has 1 aliphatic heterocycles. The van der Waals surface area contributed by atoms with Crippen LogP contribution in [0.4, 0.5) is 9.18 Å². The van der Waals surface area contributed by atoms with Crippen molar-refractivity contribution in [3.63, 3.8) is 0 Å². The van der Waals surface area contributed by atoms with Gasteiger partial charge in [0.1, 0.15) is 5.82 Å². The van der Waals surface area contributed by atoms with Crippen LogP contribution in [0.1, 0.15) is 12.0 Å². The molecule has 27 heavy (non-hydrogen) atoms. The Kier molecular flexibility index (Phi) is 6.08. The van der Waals surface area contributed by atoms with E-state index in [1.165, 1.54) is 16.4 Å². The van der Waals surface area contributed by atoms with Gasteiger partial charge in [0.25, 0.3) is 0 Å². The number of carbonyl (C=O) groups is 1. The summed E-state index contributed by atoms with van der Waals surface area (Å²) < 4.78 is 39.8. The molecule has 2 amide bonds. The number of hydrogen-bond acceptors (Lipinski definition) is 3. The van der Waals surface area contributed by atoms with Crippen molar-refractivity contribution in [2.75, 3.05) is 26.2 Å². The molecule has 6 nitrogen and oxygen atoms in total. The van der Waals surface area contributed by atoms with Gasteiger partial charge in [0.15, 0.2) is 0 Å². The Labute approximate surface area is 158 Å². The van der Waals surface area contributed by atoms with Gasteiger partial charge in [0.05, 0.1) is 4.90 Å². The minimum Gasteiger partial charge on any atom is -0.334 e. The molecule has 0 unspecified atom stereocenters. The van der Waals surface area contributed by atoms with E-state index in [1.54, 1.807) is 47.4 Å². The first-order valence-corrected chi connectivity index (χ1v) is 10.2. The lowest BCUT2D eigenvalue weighted by Crippen LogP contribution is -2.42. The first kappa shape index (κ1) is 19.3. The first-order valence-electron chi connectivity index (χ1n) is 8.79. The molecule has 1 N–H and O–H groups in total. The molecule has 1 fully saturated rings. The number of nitrogens with one attached hydrogen (secondary N) is 1. The van der Waals surface area contributed by atoms with Crippen LogP contribution in [0, 0.1) is 5.82 Å². The molecule has 0 saturated carbocycles. The van der Waals surface area contributed by atoms with Gasteiger partial charge in [0.2, 0.25) is 10.0 Å². The maximum Gasteiger partial charge on any atom is 0.317 e. The zero-order valence-electron chi connectivity index (χ0n) is 14.8. The Morgan fingerprint density at radius 1 is 0.963 bits per heavy atom. The van der Waals surface area contributed by atoms with Gasteiger partial charge in [0, 0.05) is 32.7 Å². The summed E-state index contributed by atoms with van der Waals surface area (Å²) in [5.74, 6) is -0.322. The molecule has 144 valence electrons. The molecular formula is C19H22FN3O3S. The van der Waals surface area contributed by atoms with E-state index in [0.717, 1.165) is 5.56 Å². The lowest BCUT2D eigenvalue weighted by atomic mass is 10.2. The highest BCUT2D eigenvalue weighted by Gasteiger charge is 2.27. The third-order valence-corrected chi connectivity index (χ3v) is 6.39. The van der Waals surface area contributed by atoms with Crippen LogP contribution in [0.3, 0.4) is 0 Å². The number of urea groups is 1. The lowest BCUT2D eigenvalue weighted by Gasteiger charge is -2.22. The van der Waals surface area contributed by atoms with E-state index in [1.807, 2.05) is 0 Å². The second kappa shape index (κ2) is 8.49. The average Bonchev–Trinajstić information content (AvgIpc) is 2.95. The SMILES string of the molecule is O=C(NCc1ccc(F)cc1)N1CCCN(S(=O)(=O)c2ccccc2)CC1. The number of rotatable bonds is 4. The van der Waals surface area contributed by atoms with Crippen LogP contribution in [0.5, 0.6) is 0 Å². The van der Waals surface area contributed by atoms with Crippen LogP contribution in [-0.2, 0) is 16.6 Å². The molecule has 0 radical (unpaired) electrons. The predicted molar refractivity (Wildman–Crippen MR) is 100 cm³/mol. The summed E-state index contributed by atoms with van der Waals surface area (Å²) in [6.45, 7) is 1.72. The Morgan fingerprint density at radius 2 is 1.67 bits per heavy atom. The Hall–Kier alpha value is -2.45. The molecule has 0 spiro atoms. The van der Waals surface area contributed by atoms with E-state index in [2.05, 4.69) is 5.32 Å². The van der Waals surface area contributed by atoms with Crippen LogP contribution >= 0.6 is 0 Å². The van der Waals surface area contributed by atoms with Crippen molar-refractivity contribution in [1.29, 1.82) is 0 Å². The van der Waals surface area contributed by atoms with E-state index in [0.29, 0.717) is 32.6 Å². The highest BCUT2D eigenvalue weighted by molar-refractivity contribution is 7.89. The number of benzene rings is 2. The number of nitrogens with zero attached hydrogens (tertiary/aromatic N) is 2. The minimum absolute atomic E-state index is 0.251. The van der Waals surface area contributed by atoms with Crippen molar-refractivity contribution >= 4 is 16.1 Å². The summed E-state index contributed by atoms with van der Waals surface area (Å²) in [4.78, 5) is 14.3. The normalized spacial score (nSPS) is 16.0. The fourth-order valence-corrected chi connectivity index (χ4v) is 4.46. The molecule has 8 heteroatoms. The second-order valence-electron chi connectivity index (χ2n) is 6.34. The fraction of sp³-hybridized carbons (Fsp3) is 0.316. The van der Waals surface area contributed by atoms with Gasteiger partial charge in [-0.2, -0.15) is 4.31 Å². The summed E-state index contributed by atoms with van der Waals surface area (Å²) in [7, 11) is -3.55. The van der Waals surface area contributed by atoms with Crippen LogP contribution in [0.25, 0.3) is 0 Å². The van der Waals surface area contributed by atoms with Crippen molar-refractivity contribution in [2.24, 2.45) is 0 Å². The lowest BCUT2D eigenvalue weighted by molar-refractivity contribution is 0.200. The molecular weight excluding hydrogens is 369 g/mol. The van der Waals surface area contributed by atoms with Crippen molar-refractivity contribution in [3.8, 4) is 0 Å². The summed E-state index contributed by atoms with van der Waals surface area (Å²) in [5, 5.41) is 2.80. The molecule has 0 aliphatic carbocycles. The molecule has 1 saturated heterocycles. The maximum absolute atomic E-state index is 12.9. The Morgan fingerprint density at radius 3 is 2.37 bits per heavy atom. The number of amides is 2. The van der Waals surface area contributed by atoms with Gasteiger partial charge in [-0.1, -0.05) is 30.3 Å². The number of carbonyl (C=O) groups excluding carboxylic acids is 1. The first-order chi connectivity index (χ1) is 13.0. The van der Waals surface area contributed by atoms with Crippen molar-refractivity contribution in [2.45, 2.75) is 17.9 Å². The van der Waals surface area contributed by atoms with Gasteiger partial charge in [-0.25, -0.2) is 17.6 Å².